The summed E-state index contributed by atoms with van der Waals surface area (Å²) in [4.78, 5) is 17.7. The number of tetrazole rings is 2. The van der Waals surface area contributed by atoms with E-state index in [9.17, 15) is 10.1 Å². The van der Waals surface area contributed by atoms with Crippen molar-refractivity contribution in [3.05, 3.63) is 180 Å². The monoisotopic (exact) mass is 877 g/mol. The van der Waals surface area contributed by atoms with Crippen molar-refractivity contribution in [1.29, 1.82) is 0 Å². The lowest BCUT2D eigenvalue weighted by Gasteiger charge is -2.11. The zero-order valence-electron chi connectivity index (χ0n) is 34.0. The summed E-state index contributed by atoms with van der Waals surface area (Å²) in [6.45, 7) is 0. The van der Waals surface area contributed by atoms with Gasteiger partial charge in [0.05, 0.1) is 47.6 Å². The van der Waals surface area contributed by atoms with Crippen molar-refractivity contribution in [3.63, 3.8) is 0 Å². The normalized spacial score (nSPS) is 10.7. The molecule has 0 atom stereocenters. The van der Waals surface area contributed by atoms with Gasteiger partial charge in [-0.05, 0) is 139 Å². The number of para-hydroxylation sites is 2. The van der Waals surface area contributed by atoms with Crippen LogP contribution >= 0.6 is 0 Å². The number of non-ortho nitro benzene ring substituents is 1. The molecule has 16 heteroatoms. The van der Waals surface area contributed by atoms with Crippen molar-refractivity contribution in [2.45, 2.75) is 0 Å². The van der Waals surface area contributed by atoms with Gasteiger partial charge in [0.1, 0.15) is 17.1 Å². The second kappa shape index (κ2) is 18.8. The minimum atomic E-state index is -0.438. The summed E-state index contributed by atoms with van der Waals surface area (Å²) in [6.07, 6.45) is 0. The molecule has 0 bridgehead atoms. The number of aromatic nitrogens is 8. The highest BCUT2D eigenvalue weighted by Gasteiger charge is 2.29. The maximum atomic E-state index is 11.3. The first-order chi connectivity index (χ1) is 29.9. The average molecular weight is 879 g/mol. The Morgan fingerprint density at radius 1 is 0.476 bits per heavy atom. The van der Waals surface area contributed by atoms with Crippen LogP contribution in [0.2, 0.25) is 0 Å². The van der Waals surface area contributed by atoms with Crippen LogP contribution in [0.1, 0.15) is 0 Å². The van der Waals surface area contributed by atoms with Crippen LogP contribution < -0.4 is 48.6 Å². The third-order valence-electron chi connectivity index (χ3n) is 10.1. The SMILES string of the molecule is COc1ccc(-c2ccc(-c3nn(-c4ccccc4)[n+](-c4ccc(-c5ccc(-[n+]6nc(-c7ccc([N+](=O)[O-])cc7)nn6-c6ccccc6)c(OC)c5)cc4OC)n3)cc2)cc1.[Cl-].[Cl-]. The molecule has 0 N–H and O–H groups in total. The van der Waals surface area contributed by atoms with Crippen molar-refractivity contribution in [1.82, 2.24) is 30.0 Å². The molecule has 0 unspecified atom stereocenters. The first kappa shape index (κ1) is 43.2. The number of nitro groups is 1. The van der Waals surface area contributed by atoms with Gasteiger partial charge in [-0.15, -0.1) is 0 Å². The Bertz CT molecular complexity index is 3000. The Labute approximate surface area is 374 Å². The molecule has 9 rings (SSSR count). The molecule has 0 radical (unpaired) electrons. The summed E-state index contributed by atoms with van der Waals surface area (Å²) in [5.74, 6) is 2.82. The lowest BCUT2D eigenvalue weighted by atomic mass is 10.0. The number of halogens is 2. The molecular weight excluding hydrogens is 841 g/mol. The molecule has 314 valence electrons. The van der Waals surface area contributed by atoms with Gasteiger partial charge in [0, 0.05) is 21.7 Å². The van der Waals surface area contributed by atoms with E-state index in [0.717, 1.165) is 44.9 Å². The fourth-order valence-electron chi connectivity index (χ4n) is 6.94. The number of rotatable bonds is 12. The average Bonchev–Trinajstić information content (AvgIpc) is 3.98. The number of ether oxygens (including phenoxy) is 3. The van der Waals surface area contributed by atoms with E-state index in [-0.39, 0.29) is 30.5 Å². The van der Waals surface area contributed by atoms with Crippen molar-refractivity contribution in [2.75, 3.05) is 21.3 Å². The van der Waals surface area contributed by atoms with Gasteiger partial charge in [-0.3, -0.25) is 10.1 Å². The summed E-state index contributed by atoms with van der Waals surface area (Å²) in [6, 6.07) is 53.4. The minimum absolute atomic E-state index is 0. The van der Waals surface area contributed by atoms with Crippen molar-refractivity contribution < 1.29 is 53.5 Å². The quantitative estimate of drug-likeness (QED) is 0.103. The fraction of sp³-hybridized carbons (Fsp3) is 0.0638. The molecule has 14 nitrogen and oxygen atoms in total. The number of methoxy groups -OCH3 is 3. The molecule has 0 spiro atoms. The van der Waals surface area contributed by atoms with E-state index in [0.29, 0.717) is 40.1 Å². The van der Waals surface area contributed by atoms with E-state index in [1.165, 1.54) is 12.1 Å². The van der Waals surface area contributed by atoms with Gasteiger partial charge >= 0.3 is 11.6 Å². The van der Waals surface area contributed by atoms with Crippen LogP contribution in [0.25, 0.3) is 67.8 Å². The maximum Gasteiger partial charge on any atom is 0.340 e. The number of benzene rings is 7. The molecule has 2 aromatic heterocycles. The van der Waals surface area contributed by atoms with E-state index in [1.807, 2.05) is 133 Å². The summed E-state index contributed by atoms with van der Waals surface area (Å²) in [7, 11) is 4.89. The van der Waals surface area contributed by atoms with E-state index in [1.54, 1.807) is 52.6 Å². The Morgan fingerprint density at radius 2 is 0.857 bits per heavy atom. The van der Waals surface area contributed by atoms with Gasteiger partial charge in [0.25, 0.3) is 5.69 Å². The number of nitrogens with zero attached hydrogens (tertiary/aromatic N) is 9. The molecular formula is C47H37Cl2N9O5. The zero-order chi connectivity index (χ0) is 41.9. The minimum Gasteiger partial charge on any atom is -1.00 e. The van der Waals surface area contributed by atoms with Crippen molar-refractivity contribution in [3.8, 4) is 85.0 Å². The smallest absolute Gasteiger partial charge is 0.340 e. The van der Waals surface area contributed by atoms with Gasteiger partial charge in [-0.25, -0.2) is 0 Å². The van der Waals surface area contributed by atoms with Crippen LogP contribution in [0.5, 0.6) is 17.2 Å². The topological polar surface area (TPSA) is 140 Å². The molecule has 0 aliphatic carbocycles. The highest BCUT2D eigenvalue weighted by molar-refractivity contribution is 5.71. The summed E-state index contributed by atoms with van der Waals surface area (Å²) >= 11 is 0. The predicted molar refractivity (Wildman–Crippen MR) is 227 cm³/mol. The van der Waals surface area contributed by atoms with Gasteiger partial charge in [0.15, 0.2) is 11.5 Å². The molecule has 0 saturated heterocycles. The fourth-order valence-corrected chi connectivity index (χ4v) is 6.94. The standard InChI is InChI=1S/C47H37N9O5.2ClH/c1-59-41-26-20-33(21-27-41)32-14-16-34(17-15-32)46-48-52(38-10-6-4-7-11-38)54(50-46)42-28-22-36(30-44(42)60-2)37-23-29-43(45(31-37)61-3)55-51-47(35-18-24-40(25-19-35)56(57)58)49-53(55)39-12-8-5-9-13-39;;/h4-31H,1-3H3;2*1H/q+2;;/p-2. The molecule has 0 aliphatic rings. The maximum absolute atomic E-state index is 11.3. The third-order valence-corrected chi connectivity index (χ3v) is 10.1. The van der Waals surface area contributed by atoms with Crippen LogP contribution in [0.4, 0.5) is 5.69 Å². The molecule has 0 saturated carbocycles. The van der Waals surface area contributed by atoms with Gasteiger partial charge in [0.2, 0.25) is 11.4 Å². The lowest BCUT2D eigenvalue weighted by Crippen LogP contribution is -3.00. The van der Waals surface area contributed by atoms with E-state index < -0.39 is 4.92 Å². The number of hydrogen-bond acceptors (Lipinski definition) is 9. The van der Waals surface area contributed by atoms with Crippen LogP contribution in [0.3, 0.4) is 0 Å². The first-order valence-corrected chi connectivity index (χ1v) is 19.2. The molecule has 0 fully saturated rings. The van der Waals surface area contributed by atoms with Gasteiger partial charge < -0.3 is 39.0 Å². The Kier molecular flexibility index (Phi) is 12.9. The lowest BCUT2D eigenvalue weighted by molar-refractivity contribution is -0.734. The summed E-state index contributed by atoms with van der Waals surface area (Å²) in [5, 5.41) is 30.9. The second-order valence-corrected chi connectivity index (χ2v) is 13.8. The van der Waals surface area contributed by atoms with E-state index in [2.05, 4.69) is 12.1 Å². The molecule has 2 heterocycles. The van der Waals surface area contributed by atoms with E-state index in [4.69, 9.17) is 34.6 Å². The molecule has 0 amide bonds. The highest BCUT2D eigenvalue weighted by atomic mass is 35.5. The highest BCUT2D eigenvalue weighted by Crippen LogP contribution is 2.33. The van der Waals surface area contributed by atoms with Crippen molar-refractivity contribution in [2.24, 2.45) is 0 Å². The van der Waals surface area contributed by atoms with Gasteiger partial charge in [-0.2, -0.15) is 0 Å². The van der Waals surface area contributed by atoms with Crippen molar-refractivity contribution >= 4 is 5.69 Å². The van der Waals surface area contributed by atoms with Crippen LogP contribution in [0, 0.1) is 10.1 Å². The van der Waals surface area contributed by atoms with Crippen LogP contribution in [-0.4, -0.2) is 56.2 Å². The van der Waals surface area contributed by atoms with Crippen LogP contribution in [0.15, 0.2) is 170 Å². The van der Waals surface area contributed by atoms with Crippen LogP contribution in [-0.2, 0) is 0 Å². The van der Waals surface area contributed by atoms with E-state index >= 15 is 0 Å². The summed E-state index contributed by atoms with van der Waals surface area (Å²) < 4.78 is 17.3. The largest absolute Gasteiger partial charge is 1.00 e. The Balaban J connectivity index is 0.00000298. The number of hydrogen-bond donors (Lipinski definition) is 0. The predicted octanol–water partition coefficient (Wildman–Crippen LogP) is 2.01. The molecule has 7 aromatic carbocycles. The molecule has 9 aromatic rings. The zero-order valence-corrected chi connectivity index (χ0v) is 35.5. The molecule has 63 heavy (non-hydrogen) atoms. The number of nitro benzene ring substituents is 1. The molecule has 0 aliphatic heterocycles. The first-order valence-electron chi connectivity index (χ1n) is 19.2. The second-order valence-electron chi connectivity index (χ2n) is 13.8. The third kappa shape index (κ3) is 8.66. The Hall–Kier alpha value is -7.94. The Morgan fingerprint density at radius 3 is 1.25 bits per heavy atom. The summed E-state index contributed by atoms with van der Waals surface area (Å²) in [5.41, 5.74) is 8.19. The van der Waals surface area contributed by atoms with Gasteiger partial charge in [-0.1, -0.05) is 60.7 Å².